The lowest BCUT2D eigenvalue weighted by Gasteiger charge is -2.32. The van der Waals surface area contributed by atoms with Crippen molar-refractivity contribution < 1.29 is 0 Å². The standard InChI is InChI=1S/C16H27N3/c1-12-10-14(13(2)18(12)3)11-17-15-6-8-19(9-7-15)16-4-5-16/h10,15-17H,4-9,11H2,1-3H3. The number of nitrogens with one attached hydrogen (secondary N) is 1. The highest BCUT2D eigenvalue weighted by atomic mass is 15.2. The van der Waals surface area contributed by atoms with E-state index in [0.717, 1.165) is 18.6 Å². The van der Waals surface area contributed by atoms with Crippen LogP contribution in [0.5, 0.6) is 0 Å². The molecule has 3 nitrogen and oxygen atoms in total. The fourth-order valence-electron chi connectivity index (χ4n) is 3.28. The summed E-state index contributed by atoms with van der Waals surface area (Å²) in [6, 6.07) is 3.98. The van der Waals surface area contributed by atoms with Crippen molar-refractivity contribution in [2.45, 2.75) is 58.2 Å². The zero-order chi connectivity index (χ0) is 13.4. The number of nitrogens with zero attached hydrogens (tertiary/aromatic N) is 2. The molecule has 0 radical (unpaired) electrons. The molecule has 1 aromatic heterocycles. The molecule has 0 spiro atoms. The summed E-state index contributed by atoms with van der Waals surface area (Å²) in [5.41, 5.74) is 4.22. The van der Waals surface area contributed by atoms with Crippen LogP contribution in [0.3, 0.4) is 0 Å². The van der Waals surface area contributed by atoms with E-state index in [0.29, 0.717) is 0 Å². The molecule has 1 aliphatic heterocycles. The summed E-state index contributed by atoms with van der Waals surface area (Å²) >= 11 is 0. The summed E-state index contributed by atoms with van der Waals surface area (Å²) < 4.78 is 2.28. The Kier molecular flexibility index (Phi) is 3.68. The van der Waals surface area contributed by atoms with Gasteiger partial charge in [-0.3, -0.25) is 0 Å². The molecule has 1 aromatic rings. The maximum atomic E-state index is 3.76. The molecule has 0 amide bonds. The number of hydrogen-bond donors (Lipinski definition) is 1. The molecule has 1 aliphatic carbocycles. The molecule has 0 unspecified atom stereocenters. The summed E-state index contributed by atoms with van der Waals surface area (Å²) in [5.74, 6) is 0. The van der Waals surface area contributed by atoms with E-state index in [1.807, 2.05) is 0 Å². The lowest BCUT2D eigenvalue weighted by atomic mass is 10.0. The minimum Gasteiger partial charge on any atom is -0.352 e. The first-order chi connectivity index (χ1) is 9.15. The van der Waals surface area contributed by atoms with Crippen LogP contribution in [0.4, 0.5) is 0 Å². The molecule has 0 bridgehead atoms. The molecule has 0 aromatic carbocycles. The number of aromatic nitrogens is 1. The van der Waals surface area contributed by atoms with Crippen molar-refractivity contribution >= 4 is 0 Å². The predicted octanol–water partition coefficient (Wildman–Crippen LogP) is 2.36. The average molecular weight is 261 g/mol. The third-order valence-corrected chi connectivity index (χ3v) is 5.05. The SMILES string of the molecule is Cc1cc(CNC2CCN(C3CC3)CC2)c(C)n1C. The van der Waals surface area contributed by atoms with E-state index in [-0.39, 0.29) is 0 Å². The Morgan fingerprint density at radius 3 is 2.37 bits per heavy atom. The first kappa shape index (κ1) is 13.2. The molecule has 3 rings (SSSR count). The van der Waals surface area contributed by atoms with Gasteiger partial charge in [0.05, 0.1) is 0 Å². The van der Waals surface area contributed by atoms with Crippen molar-refractivity contribution in [1.82, 2.24) is 14.8 Å². The molecule has 2 fully saturated rings. The lowest BCUT2D eigenvalue weighted by molar-refractivity contribution is 0.189. The smallest absolute Gasteiger partial charge is 0.0225 e. The molecule has 1 saturated carbocycles. The highest BCUT2D eigenvalue weighted by Crippen LogP contribution is 2.29. The van der Waals surface area contributed by atoms with Gasteiger partial charge in [0.25, 0.3) is 0 Å². The highest BCUT2D eigenvalue weighted by molar-refractivity contribution is 5.26. The fraction of sp³-hybridized carbons (Fsp3) is 0.750. The minimum atomic E-state index is 0.718. The van der Waals surface area contributed by atoms with Gasteiger partial charge in [-0.15, -0.1) is 0 Å². The van der Waals surface area contributed by atoms with Crippen LogP contribution in [0, 0.1) is 13.8 Å². The molecule has 0 atom stereocenters. The second kappa shape index (κ2) is 5.29. The Morgan fingerprint density at radius 1 is 1.16 bits per heavy atom. The number of likely N-dealkylation sites (tertiary alicyclic amines) is 1. The van der Waals surface area contributed by atoms with Crippen LogP contribution in [0.2, 0.25) is 0 Å². The molecule has 2 heterocycles. The van der Waals surface area contributed by atoms with Gasteiger partial charge in [0.1, 0.15) is 0 Å². The van der Waals surface area contributed by atoms with Crippen LogP contribution in [-0.4, -0.2) is 34.6 Å². The zero-order valence-electron chi connectivity index (χ0n) is 12.6. The van der Waals surface area contributed by atoms with E-state index in [1.165, 1.54) is 55.7 Å². The van der Waals surface area contributed by atoms with Gasteiger partial charge < -0.3 is 14.8 Å². The molecular formula is C16H27N3. The Bertz CT molecular complexity index is 437. The van der Waals surface area contributed by atoms with Gasteiger partial charge in [-0.1, -0.05) is 0 Å². The van der Waals surface area contributed by atoms with E-state index in [9.17, 15) is 0 Å². The van der Waals surface area contributed by atoms with Crippen LogP contribution >= 0.6 is 0 Å². The summed E-state index contributed by atoms with van der Waals surface area (Å²) in [5, 5.41) is 3.76. The topological polar surface area (TPSA) is 20.2 Å². The van der Waals surface area contributed by atoms with Gasteiger partial charge in [0, 0.05) is 37.1 Å². The van der Waals surface area contributed by atoms with E-state index in [1.54, 1.807) is 0 Å². The maximum Gasteiger partial charge on any atom is 0.0225 e. The van der Waals surface area contributed by atoms with Crippen molar-refractivity contribution in [3.05, 3.63) is 23.0 Å². The van der Waals surface area contributed by atoms with Crippen molar-refractivity contribution in [2.75, 3.05) is 13.1 Å². The minimum absolute atomic E-state index is 0.718. The number of piperidine rings is 1. The van der Waals surface area contributed by atoms with E-state index in [2.05, 4.69) is 41.7 Å². The van der Waals surface area contributed by atoms with Gasteiger partial charge in [-0.05, 0) is 64.3 Å². The number of hydrogen-bond acceptors (Lipinski definition) is 2. The van der Waals surface area contributed by atoms with E-state index in [4.69, 9.17) is 0 Å². The van der Waals surface area contributed by atoms with Gasteiger partial charge in [0.2, 0.25) is 0 Å². The quantitative estimate of drug-likeness (QED) is 0.898. The average Bonchev–Trinajstić information content (AvgIpc) is 3.23. The van der Waals surface area contributed by atoms with Crippen molar-refractivity contribution in [3.8, 4) is 0 Å². The van der Waals surface area contributed by atoms with Crippen LogP contribution in [0.1, 0.15) is 42.6 Å². The first-order valence-corrected chi connectivity index (χ1v) is 7.74. The van der Waals surface area contributed by atoms with E-state index >= 15 is 0 Å². The lowest BCUT2D eigenvalue weighted by Crippen LogP contribution is -2.43. The van der Waals surface area contributed by atoms with E-state index < -0.39 is 0 Å². The molecule has 2 aliphatic rings. The summed E-state index contributed by atoms with van der Waals surface area (Å²) in [7, 11) is 2.16. The van der Waals surface area contributed by atoms with Crippen molar-refractivity contribution in [1.29, 1.82) is 0 Å². The molecule has 3 heteroatoms. The first-order valence-electron chi connectivity index (χ1n) is 7.74. The summed E-state index contributed by atoms with van der Waals surface area (Å²) in [6.07, 6.45) is 5.53. The van der Waals surface area contributed by atoms with Gasteiger partial charge >= 0.3 is 0 Å². The molecule has 106 valence electrons. The second-order valence-electron chi connectivity index (χ2n) is 6.38. The molecule has 1 N–H and O–H groups in total. The fourth-order valence-corrected chi connectivity index (χ4v) is 3.28. The molecule has 1 saturated heterocycles. The third kappa shape index (κ3) is 2.87. The Morgan fingerprint density at radius 2 is 1.84 bits per heavy atom. The Balaban J connectivity index is 1.48. The van der Waals surface area contributed by atoms with Gasteiger partial charge in [-0.2, -0.15) is 0 Å². The number of rotatable bonds is 4. The van der Waals surface area contributed by atoms with Gasteiger partial charge in [0.15, 0.2) is 0 Å². The van der Waals surface area contributed by atoms with Crippen molar-refractivity contribution in [2.24, 2.45) is 7.05 Å². The maximum absolute atomic E-state index is 3.76. The van der Waals surface area contributed by atoms with Crippen LogP contribution in [0.25, 0.3) is 0 Å². The Hall–Kier alpha value is -0.800. The highest BCUT2D eigenvalue weighted by Gasteiger charge is 2.31. The normalized spacial score (nSPS) is 22.1. The summed E-state index contributed by atoms with van der Waals surface area (Å²) in [6.45, 7) is 8.04. The van der Waals surface area contributed by atoms with Crippen LogP contribution < -0.4 is 5.32 Å². The zero-order valence-corrected chi connectivity index (χ0v) is 12.6. The predicted molar refractivity (Wildman–Crippen MR) is 79.3 cm³/mol. The second-order valence-corrected chi connectivity index (χ2v) is 6.38. The third-order valence-electron chi connectivity index (χ3n) is 5.05. The number of aryl methyl sites for hydroxylation is 1. The largest absolute Gasteiger partial charge is 0.352 e. The molecule has 19 heavy (non-hydrogen) atoms. The van der Waals surface area contributed by atoms with Gasteiger partial charge in [-0.25, -0.2) is 0 Å². The van der Waals surface area contributed by atoms with Crippen molar-refractivity contribution in [3.63, 3.8) is 0 Å². The monoisotopic (exact) mass is 261 g/mol. The molecular weight excluding hydrogens is 234 g/mol. The Labute approximate surface area is 117 Å². The van der Waals surface area contributed by atoms with Crippen LogP contribution in [-0.2, 0) is 13.6 Å². The van der Waals surface area contributed by atoms with Crippen LogP contribution in [0.15, 0.2) is 6.07 Å². The summed E-state index contributed by atoms with van der Waals surface area (Å²) in [4.78, 5) is 2.69.